The van der Waals surface area contributed by atoms with E-state index in [-0.39, 0.29) is 11.3 Å². The first-order valence-electron chi connectivity index (χ1n) is 2.42. The van der Waals surface area contributed by atoms with E-state index in [1.807, 2.05) is 0 Å². The molecule has 0 aliphatic heterocycles. The molecule has 0 radical (unpaired) electrons. The fourth-order valence-corrected chi connectivity index (χ4v) is 0.339. The lowest BCUT2D eigenvalue weighted by Crippen LogP contribution is -2.03. The molecule has 4 heteroatoms. The molecule has 0 rings (SSSR count). The lowest BCUT2D eigenvalue weighted by atomic mass is 10.2. The average molecular weight is 132 g/mol. The van der Waals surface area contributed by atoms with Crippen molar-refractivity contribution in [3.8, 4) is 18.3 Å². The van der Waals surface area contributed by atoms with Crippen LogP contribution in [-0.4, -0.2) is 0 Å². The van der Waals surface area contributed by atoms with Crippen LogP contribution in [0.2, 0.25) is 0 Å². The second kappa shape index (κ2) is 3.95. The van der Waals surface area contributed by atoms with Crippen molar-refractivity contribution in [1.29, 1.82) is 15.8 Å². The van der Waals surface area contributed by atoms with Crippen LogP contribution in [0.4, 0.5) is 0 Å². The summed E-state index contributed by atoms with van der Waals surface area (Å²) in [4.78, 5) is 0. The van der Waals surface area contributed by atoms with Crippen molar-refractivity contribution in [3.63, 3.8) is 0 Å². The highest BCUT2D eigenvalue weighted by molar-refractivity contribution is 5.39. The normalized spacial score (nSPS) is 6.20. The van der Waals surface area contributed by atoms with Crippen molar-refractivity contribution in [2.45, 2.75) is 6.92 Å². The van der Waals surface area contributed by atoms with E-state index in [0.717, 1.165) is 0 Å². The summed E-state index contributed by atoms with van der Waals surface area (Å²) in [5, 5.41) is 26.7. The molecule has 0 aromatic carbocycles. The first kappa shape index (κ1) is 8.01. The Morgan fingerprint density at radius 1 is 1.20 bits per heavy atom. The van der Waals surface area contributed by atoms with Gasteiger partial charge in [-0.25, -0.2) is 0 Å². The van der Waals surface area contributed by atoms with Gasteiger partial charge >= 0.3 is 0 Å². The molecule has 0 aliphatic rings. The second-order valence-corrected chi connectivity index (χ2v) is 1.46. The number of hydrogen-bond acceptors (Lipinski definition) is 4. The van der Waals surface area contributed by atoms with Gasteiger partial charge < -0.3 is 0 Å². The zero-order valence-corrected chi connectivity index (χ0v) is 5.34. The monoisotopic (exact) mass is 132 g/mol. The van der Waals surface area contributed by atoms with Crippen LogP contribution in [0.1, 0.15) is 6.92 Å². The molecular formula is C6H4N4. The molecule has 1 N–H and O–H groups in total. The second-order valence-electron chi connectivity index (χ2n) is 1.46. The Morgan fingerprint density at radius 3 is 2.00 bits per heavy atom. The molecule has 0 aromatic heterocycles. The van der Waals surface area contributed by atoms with Gasteiger partial charge in [0.25, 0.3) is 0 Å². The maximum Gasteiger partial charge on any atom is 0.181 e. The van der Waals surface area contributed by atoms with Gasteiger partial charge in [0.05, 0.1) is 5.70 Å². The molecule has 0 atom stereocenters. The fraction of sp³-hybridized carbons (Fsp3) is 0.167. The Morgan fingerprint density at radius 2 is 1.70 bits per heavy atom. The first-order valence-corrected chi connectivity index (χ1v) is 2.42. The Kier molecular flexibility index (Phi) is 3.16. The summed E-state index contributed by atoms with van der Waals surface area (Å²) in [6.07, 6.45) is 1.61. The number of nitriles is 3. The predicted octanol–water partition coefficient (Wildman–Crippen LogP) is 0.378. The minimum atomic E-state index is -0.0680. The van der Waals surface area contributed by atoms with Crippen LogP contribution in [0.25, 0.3) is 0 Å². The van der Waals surface area contributed by atoms with Crippen molar-refractivity contribution in [1.82, 2.24) is 5.32 Å². The highest BCUT2D eigenvalue weighted by atomic mass is 14.9. The van der Waals surface area contributed by atoms with Crippen LogP contribution in [-0.2, 0) is 0 Å². The van der Waals surface area contributed by atoms with E-state index in [1.165, 1.54) is 6.92 Å². The predicted molar refractivity (Wildman–Crippen MR) is 32.7 cm³/mol. The topological polar surface area (TPSA) is 83.4 Å². The lowest BCUT2D eigenvalue weighted by Gasteiger charge is -1.91. The third-order valence-corrected chi connectivity index (χ3v) is 0.842. The summed E-state index contributed by atoms with van der Waals surface area (Å²) in [5.41, 5.74) is 0.217. The number of allylic oxidation sites excluding steroid dienone is 2. The fourth-order valence-electron chi connectivity index (χ4n) is 0.339. The minimum Gasteiger partial charge on any atom is -0.295 e. The van der Waals surface area contributed by atoms with Crippen molar-refractivity contribution in [2.75, 3.05) is 0 Å². The van der Waals surface area contributed by atoms with Gasteiger partial charge in [-0.2, -0.15) is 15.8 Å². The van der Waals surface area contributed by atoms with Crippen LogP contribution in [0.15, 0.2) is 11.3 Å². The molecule has 0 fully saturated rings. The molecule has 0 aromatic rings. The summed E-state index contributed by atoms with van der Waals surface area (Å²) in [6, 6.07) is 3.28. The molecule has 0 amide bonds. The number of hydrogen-bond donors (Lipinski definition) is 1. The maximum absolute atomic E-state index is 8.24. The van der Waals surface area contributed by atoms with E-state index < -0.39 is 0 Å². The summed E-state index contributed by atoms with van der Waals surface area (Å²) in [5.74, 6) is 0. The standard InChI is InChI=1S/C6H4N4/c1-5(10-4-9)6(2-7)3-8/h10H,1H3. The maximum atomic E-state index is 8.24. The van der Waals surface area contributed by atoms with Crippen LogP contribution in [0.5, 0.6) is 0 Å². The van der Waals surface area contributed by atoms with Gasteiger partial charge in [0, 0.05) is 0 Å². The third kappa shape index (κ3) is 1.86. The van der Waals surface area contributed by atoms with E-state index in [1.54, 1.807) is 18.3 Å². The van der Waals surface area contributed by atoms with Crippen LogP contribution in [0, 0.1) is 34.1 Å². The number of rotatable bonds is 1. The van der Waals surface area contributed by atoms with Crippen LogP contribution in [0.3, 0.4) is 0 Å². The van der Waals surface area contributed by atoms with Gasteiger partial charge in [0.1, 0.15) is 17.7 Å². The largest absolute Gasteiger partial charge is 0.295 e. The van der Waals surface area contributed by atoms with Gasteiger partial charge in [-0.3, -0.25) is 5.32 Å². The van der Waals surface area contributed by atoms with E-state index in [9.17, 15) is 0 Å². The average Bonchev–Trinajstić information content (AvgIpc) is 1.91. The Labute approximate surface area is 58.6 Å². The van der Waals surface area contributed by atoms with E-state index in [4.69, 9.17) is 15.8 Å². The van der Waals surface area contributed by atoms with Gasteiger partial charge in [-0.1, -0.05) is 0 Å². The zero-order valence-electron chi connectivity index (χ0n) is 5.34. The van der Waals surface area contributed by atoms with Gasteiger partial charge in [-0.15, -0.1) is 0 Å². The molecule has 0 saturated carbocycles. The smallest absolute Gasteiger partial charge is 0.181 e. The van der Waals surface area contributed by atoms with Gasteiger partial charge in [-0.05, 0) is 6.92 Å². The molecule has 0 aliphatic carbocycles. The van der Waals surface area contributed by atoms with Crippen molar-refractivity contribution in [2.24, 2.45) is 0 Å². The molecule has 4 nitrogen and oxygen atoms in total. The van der Waals surface area contributed by atoms with Gasteiger partial charge in [0.2, 0.25) is 0 Å². The Bertz CT molecular complexity index is 252. The zero-order chi connectivity index (χ0) is 7.98. The number of nitrogens with one attached hydrogen (secondary N) is 1. The van der Waals surface area contributed by atoms with Crippen molar-refractivity contribution in [3.05, 3.63) is 11.3 Å². The molecule has 0 bridgehead atoms. The number of nitrogens with zero attached hydrogens (tertiary/aromatic N) is 3. The quantitative estimate of drug-likeness (QED) is 0.317. The Hall–Kier alpha value is -1.99. The SMILES string of the molecule is CC(NC#N)=C(C#N)C#N. The molecule has 48 valence electrons. The van der Waals surface area contributed by atoms with Crippen molar-refractivity contribution < 1.29 is 0 Å². The van der Waals surface area contributed by atoms with Crippen LogP contribution < -0.4 is 5.32 Å². The lowest BCUT2D eigenvalue weighted by molar-refractivity contribution is 1.06. The summed E-state index contributed by atoms with van der Waals surface area (Å²) >= 11 is 0. The molecule has 10 heavy (non-hydrogen) atoms. The highest BCUT2D eigenvalue weighted by Gasteiger charge is 1.96. The highest BCUT2D eigenvalue weighted by Crippen LogP contribution is 1.95. The Balaban J connectivity index is 4.56. The van der Waals surface area contributed by atoms with E-state index >= 15 is 0 Å². The first-order chi connectivity index (χ1) is 4.76. The summed E-state index contributed by atoms with van der Waals surface area (Å²) in [7, 11) is 0. The van der Waals surface area contributed by atoms with Crippen molar-refractivity contribution >= 4 is 0 Å². The molecule has 0 saturated heterocycles. The minimum absolute atomic E-state index is 0.0680. The van der Waals surface area contributed by atoms with E-state index in [0.29, 0.717) is 0 Å². The van der Waals surface area contributed by atoms with Crippen LogP contribution >= 0.6 is 0 Å². The molecule has 0 heterocycles. The molecule has 0 unspecified atom stereocenters. The molecule has 0 spiro atoms. The summed E-state index contributed by atoms with van der Waals surface area (Å²) < 4.78 is 0. The third-order valence-electron chi connectivity index (χ3n) is 0.842. The van der Waals surface area contributed by atoms with E-state index in [2.05, 4.69) is 5.32 Å². The molecular weight excluding hydrogens is 128 g/mol. The summed E-state index contributed by atoms with van der Waals surface area (Å²) in [6.45, 7) is 1.49. The van der Waals surface area contributed by atoms with Gasteiger partial charge in [0.15, 0.2) is 6.19 Å².